The van der Waals surface area contributed by atoms with Crippen molar-refractivity contribution in [2.75, 3.05) is 0 Å². The standard InChI is InChI=1S/C14H11Cl3O2S/c15-12-4-1-10(2-5-12)8-20(18,19)9-11-3-6-13(16)14(17)7-11/h1-7H,8-9H2. The van der Waals surface area contributed by atoms with Gasteiger partial charge in [0.15, 0.2) is 9.84 Å². The molecule has 0 spiro atoms. The molecule has 0 fully saturated rings. The number of sulfone groups is 1. The maximum atomic E-state index is 12.1. The number of halogens is 3. The SMILES string of the molecule is O=S(=O)(Cc1ccc(Cl)cc1)Cc1ccc(Cl)c(Cl)c1. The lowest BCUT2D eigenvalue weighted by molar-refractivity contribution is 0.594. The maximum Gasteiger partial charge on any atom is 0.158 e. The van der Waals surface area contributed by atoms with E-state index in [2.05, 4.69) is 0 Å². The fourth-order valence-corrected chi connectivity index (χ4v) is 3.71. The van der Waals surface area contributed by atoms with Gasteiger partial charge >= 0.3 is 0 Å². The molecule has 0 atom stereocenters. The van der Waals surface area contributed by atoms with E-state index < -0.39 is 9.84 Å². The molecular weight excluding hydrogens is 339 g/mol. The molecule has 0 radical (unpaired) electrons. The van der Waals surface area contributed by atoms with Crippen molar-refractivity contribution in [3.8, 4) is 0 Å². The largest absolute Gasteiger partial charge is 0.228 e. The molecule has 2 aromatic carbocycles. The fraction of sp³-hybridized carbons (Fsp3) is 0.143. The number of hydrogen-bond donors (Lipinski definition) is 0. The van der Waals surface area contributed by atoms with Crippen LogP contribution in [0.3, 0.4) is 0 Å². The van der Waals surface area contributed by atoms with Crippen LogP contribution in [0.4, 0.5) is 0 Å². The van der Waals surface area contributed by atoms with Gasteiger partial charge in [0.25, 0.3) is 0 Å². The van der Waals surface area contributed by atoms with Gasteiger partial charge in [-0.3, -0.25) is 0 Å². The van der Waals surface area contributed by atoms with Crippen LogP contribution in [0.1, 0.15) is 11.1 Å². The summed E-state index contributed by atoms with van der Waals surface area (Å²) in [6.45, 7) is 0. The Hall–Kier alpha value is -0.740. The molecule has 0 N–H and O–H groups in total. The molecule has 106 valence electrons. The normalized spacial score (nSPS) is 11.6. The van der Waals surface area contributed by atoms with Gasteiger partial charge in [0.05, 0.1) is 21.6 Å². The zero-order valence-corrected chi connectivity index (χ0v) is 13.4. The molecule has 0 aliphatic rings. The third kappa shape index (κ3) is 4.38. The van der Waals surface area contributed by atoms with Crippen LogP contribution in [0, 0.1) is 0 Å². The maximum absolute atomic E-state index is 12.1. The summed E-state index contributed by atoms with van der Waals surface area (Å²) in [5.41, 5.74) is 1.32. The second kappa shape index (κ2) is 6.35. The summed E-state index contributed by atoms with van der Waals surface area (Å²) in [7, 11) is -3.27. The zero-order valence-electron chi connectivity index (χ0n) is 10.3. The molecule has 2 aromatic rings. The van der Waals surface area contributed by atoms with E-state index in [1.807, 2.05) is 0 Å². The smallest absolute Gasteiger partial charge is 0.158 e. The van der Waals surface area contributed by atoms with Crippen LogP contribution in [0.5, 0.6) is 0 Å². The zero-order chi connectivity index (χ0) is 14.8. The van der Waals surface area contributed by atoms with Crippen LogP contribution >= 0.6 is 34.8 Å². The van der Waals surface area contributed by atoms with Crippen molar-refractivity contribution in [3.63, 3.8) is 0 Å². The minimum atomic E-state index is -3.27. The first-order chi connectivity index (χ1) is 9.35. The van der Waals surface area contributed by atoms with Crippen molar-refractivity contribution >= 4 is 44.6 Å². The summed E-state index contributed by atoms with van der Waals surface area (Å²) in [4.78, 5) is 0. The van der Waals surface area contributed by atoms with Crippen molar-refractivity contribution < 1.29 is 8.42 Å². The lowest BCUT2D eigenvalue weighted by Crippen LogP contribution is -2.07. The summed E-state index contributed by atoms with van der Waals surface area (Å²) in [5.74, 6) is -0.114. The molecule has 0 saturated carbocycles. The van der Waals surface area contributed by atoms with Crippen LogP contribution in [0.15, 0.2) is 42.5 Å². The van der Waals surface area contributed by atoms with Gasteiger partial charge in [-0.15, -0.1) is 0 Å². The van der Waals surface area contributed by atoms with Crippen molar-refractivity contribution in [2.24, 2.45) is 0 Å². The Balaban J connectivity index is 2.14. The highest BCUT2D eigenvalue weighted by Crippen LogP contribution is 2.24. The predicted octanol–water partition coefficient (Wildman–Crippen LogP) is 4.76. The van der Waals surface area contributed by atoms with Crippen molar-refractivity contribution in [1.82, 2.24) is 0 Å². The van der Waals surface area contributed by atoms with Gasteiger partial charge in [-0.05, 0) is 35.4 Å². The van der Waals surface area contributed by atoms with Crippen LogP contribution in [-0.4, -0.2) is 8.42 Å². The van der Waals surface area contributed by atoms with E-state index in [4.69, 9.17) is 34.8 Å². The number of rotatable bonds is 4. The summed E-state index contributed by atoms with van der Waals surface area (Å²) in [5, 5.41) is 1.34. The number of hydrogen-bond acceptors (Lipinski definition) is 2. The molecule has 2 nitrogen and oxygen atoms in total. The molecular formula is C14H11Cl3O2S. The quantitative estimate of drug-likeness (QED) is 0.797. The Labute approximate surface area is 133 Å². The topological polar surface area (TPSA) is 34.1 Å². The molecule has 0 bridgehead atoms. The van der Waals surface area contributed by atoms with Crippen molar-refractivity contribution in [1.29, 1.82) is 0 Å². The molecule has 0 aliphatic heterocycles. The van der Waals surface area contributed by atoms with E-state index in [1.54, 1.807) is 42.5 Å². The third-order valence-corrected chi connectivity index (χ3v) is 5.21. The van der Waals surface area contributed by atoms with Crippen LogP contribution in [-0.2, 0) is 21.3 Å². The Morgan fingerprint density at radius 2 is 1.30 bits per heavy atom. The minimum absolute atomic E-state index is 0.0373. The van der Waals surface area contributed by atoms with Gasteiger partial charge in [0.1, 0.15) is 0 Å². The van der Waals surface area contributed by atoms with E-state index in [1.165, 1.54) is 0 Å². The highest BCUT2D eigenvalue weighted by Gasteiger charge is 2.14. The Kier molecular flexibility index (Phi) is 4.97. The Morgan fingerprint density at radius 1 is 0.750 bits per heavy atom. The minimum Gasteiger partial charge on any atom is -0.228 e. The first-order valence-corrected chi connectivity index (χ1v) is 8.70. The first kappa shape index (κ1) is 15.6. The van der Waals surface area contributed by atoms with Gasteiger partial charge in [-0.1, -0.05) is 53.0 Å². The highest BCUT2D eigenvalue weighted by molar-refractivity contribution is 7.89. The number of benzene rings is 2. The van der Waals surface area contributed by atoms with Crippen LogP contribution < -0.4 is 0 Å². The highest BCUT2D eigenvalue weighted by atomic mass is 35.5. The lowest BCUT2D eigenvalue weighted by atomic mass is 10.2. The average molecular weight is 350 g/mol. The molecule has 2 rings (SSSR count). The molecule has 0 amide bonds. The van der Waals surface area contributed by atoms with Crippen LogP contribution in [0.25, 0.3) is 0 Å². The fourth-order valence-electron chi connectivity index (χ4n) is 1.77. The van der Waals surface area contributed by atoms with Gasteiger partial charge in [-0.25, -0.2) is 8.42 Å². The van der Waals surface area contributed by atoms with E-state index in [0.717, 1.165) is 0 Å². The van der Waals surface area contributed by atoms with Gasteiger partial charge < -0.3 is 0 Å². The summed E-state index contributed by atoms with van der Waals surface area (Å²) in [6.07, 6.45) is 0. The second-order valence-corrected chi connectivity index (χ2v) is 7.72. The molecule has 0 aliphatic carbocycles. The molecule has 0 saturated heterocycles. The third-order valence-electron chi connectivity index (χ3n) is 2.67. The molecule has 0 aromatic heterocycles. The summed E-state index contributed by atoms with van der Waals surface area (Å²) in [6, 6.07) is 11.6. The molecule has 0 unspecified atom stereocenters. The predicted molar refractivity (Wildman–Crippen MR) is 84.2 cm³/mol. The summed E-state index contributed by atoms with van der Waals surface area (Å²) >= 11 is 17.4. The van der Waals surface area contributed by atoms with Crippen molar-refractivity contribution in [3.05, 3.63) is 68.7 Å². The molecule has 0 heterocycles. The first-order valence-electron chi connectivity index (χ1n) is 5.74. The lowest BCUT2D eigenvalue weighted by Gasteiger charge is -2.06. The average Bonchev–Trinajstić information content (AvgIpc) is 2.36. The second-order valence-electron chi connectivity index (χ2n) is 4.41. The summed E-state index contributed by atoms with van der Waals surface area (Å²) < 4.78 is 24.3. The van der Waals surface area contributed by atoms with Crippen molar-refractivity contribution in [2.45, 2.75) is 11.5 Å². The van der Waals surface area contributed by atoms with E-state index in [9.17, 15) is 8.42 Å². The molecule has 6 heteroatoms. The van der Waals surface area contributed by atoms with E-state index in [0.29, 0.717) is 26.2 Å². The van der Waals surface area contributed by atoms with Gasteiger partial charge in [0, 0.05) is 5.02 Å². The van der Waals surface area contributed by atoms with Crippen LogP contribution in [0.2, 0.25) is 15.1 Å². The van der Waals surface area contributed by atoms with E-state index >= 15 is 0 Å². The van der Waals surface area contributed by atoms with E-state index in [-0.39, 0.29) is 11.5 Å². The molecule has 20 heavy (non-hydrogen) atoms. The Bertz CT molecular complexity index is 710. The monoisotopic (exact) mass is 348 g/mol. The van der Waals surface area contributed by atoms with Gasteiger partial charge in [0.2, 0.25) is 0 Å². The van der Waals surface area contributed by atoms with Gasteiger partial charge in [-0.2, -0.15) is 0 Å². The Morgan fingerprint density at radius 3 is 1.90 bits per heavy atom.